The highest BCUT2D eigenvalue weighted by molar-refractivity contribution is 7.14. The van der Waals surface area contributed by atoms with Crippen molar-refractivity contribution in [2.75, 3.05) is 0 Å². The Bertz CT molecular complexity index is 809. The van der Waals surface area contributed by atoms with Gasteiger partial charge in [-0.1, -0.05) is 29.8 Å². The Morgan fingerprint density at radius 3 is 2.67 bits per heavy atom. The number of hydrogen-bond donors (Lipinski definition) is 0. The van der Waals surface area contributed by atoms with Gasteiger partial charge in [0.05, 0.1) is 16.1 Å². The van der Waals surface area contributed by atoms with Crippen molar-refractivity contribution in [3.05, 3.63) is 62.8 Å². The highest BCUT2D eigenvalue weighted by Gasteiger charge is 2.09. The van der Waals surface area contributed by atoms with E-state index < -0.39 is 0 Å². The van der Waals surface area contributed by atoms with Crippen molar-refractivity contribution in [1.82, 2.24) is 4.98 Å². The number of hydrogen-bond acceptors (Lipinski definition) is 4. The molecule has 21 heavy (non-hydrogen) atoms. The van der Waals surface area contributed by atoms with Crippen molar-refractivity contribution in [3.63, 3.8) is 0 Å². The Kier molecular flexibility index (Phi) is 4.16. The predicted octanol–water partition coefficient (Wildman–Crippen LogP) is 5.59. The molecule has 2 heterocycles. The van der Waals surface area contributed by atoms with Gasteiger partial charge in [0.25, 0.3) is 0 Å². The van der Waals surface area contributed by atoms with E-state index in [1.54, 1.807) is 23.5 Å². The zero-order valence-corrected chi connectivity index (χ0v) is 13.2. The lowest BCUT2D eigenvalue weighted by atomic mass is 10.1. The summed E-state index contributed by atoms with van der Waals surface area (Å²) in [5.74, 6) is 0. The zero-order chi connectivity index (χ0) is 14.7. The molecule has 0 aliphatic rings. The fourth-order valence-corrected chi connectivity index (χ4v) is 3.47. The molecule has 0 N–H and O–H groups in total. The lowest BCUT2D eigenvalue weighted by Gasteiger charge is -1.96. The van der Waals surface area contributed by atoms with Crippen molar-refractivity contribution < 1.29 is 0 Å². The molecule has 1 aromatic carbocycles. The van der Waals surface area contributed by atoms with Gasteiger partial charge in [0.2, 0.25) is 0 Å². The average molecular weight is 329 g/mol. The summed E-state index contributed by atoms with van der Waals surface area (Å²) in [6.07, 6.45) is 1.83. The third kappa shape index (κ3) is 3.22. The van der Waals surface area contributed by atoms with Crippen LogP contribution < -0.4 is 0 Å². The van der Waals surface area contributed by atoms with E-state index >= 15 is 0 Å². The van der Waals surface area contributed by atoms with Gasteiger partial charge in [0, 0.05) is 10.4 Å². The van der Waals surface area contributed by atoms with Gasteiger partial charge in [-0.3, -0.25) is 0 Å². The molecule has 0 spiro atoms. The lowest BCUT2D eigenvalue weighted by molar-refractivity contribution is 1.38. The first-order valence-electron chi connectivity index (χ1n) is 6.13. The molecule has 0 unspecified atom stereocenters. The smallest absolute Gasteiger partial charge is 0.134 e. The Labute approximate surface area is 135 Å². The second-order valence-corrected chi connectivity index (χ2v) is 6.48. The Morgan fingerprint density at radius 2 is 2.00 bits per heavy atom. The lowest BCUT2D eigenvalue weighted by Crippen LogP contribution is -1.81. The van der Waals surface area contributed by atoms with Crippen molar-refractivity contribution >= 4 is 45.9 Å². The molecule has 0 bridgehead atoms. The molecule has 0 atom stereocenters. The van der Waals surface area contributed by atoms with E-state index in [0.717, 1.165) is 21.1 Å². The van der Waals surface area contributed by atoms with E-state index in [1.165, 1.54) is 11.3 Å². The summed E-state index contributed by atoms with van der Waals surface area (Å²) >= 11 is 8.99. The standard InChI is InChI=1S/C16H9ClN2S2/c17-13-5-3-11(4-6-13)8-12(9-18)16-19-14(10-21-16)15-2-1-7-20-15/h1-8,10H/b12-8+. The number of thiophene rings is 1. The average Bonchev–Trinajstić information content (AvgIpc) is 3.17. The third-order valence-corrected chi connectivity index (χ3v) is 4.83. The second-order valence-electron chi connectivity index (χ2n) is 4.24. The minimum atomic E-state index is 0.560. The molecule has 3 rings (SSSR count). The maximum Gasteiger partial charge on any atom is 0.134 e. The number of nitrogens with zero attached hydrogens (tertiary/aromatic N) is 2. The van der Waals surface area contributed by atoms with Crippen molar-refractivity contribution in [1.29, 1.82) is 5.26 Å². The fraction of sp³-hybridized carbons (Fsp3) is 0. The molecular formula is C16H9ClN2S2. The van der Waals surface area contributed by atoms with Gasteiger partial charge in [-0.15, -0.1) is 22.7 Å². The van der Waals surface area contributed by atoms with Gasteiger partial charge in [0.15, 0.2) is 0 Å². The van der Waals surface area contributed by atoms with Crippen LogP contribution in [0.3, 0.4) is 0 Å². The van der Waals surface area contributed by atoms with E-state index in [0.29, 0.717) is 10.6 Å². The second kappa shape index (κ2) is 6.23. The minimum Gasteiger partial charge on any atom is -0.234 e. The van der Waals surface area contributed by atoms with Crippen molar-refractivity contribution in [2.24, 2.45) is 0 Å². The normalized spacial score (nSPS) is 11.3. The van der Waals surface area contributed by atoms with Gasteiger partial charge in [0.1, 0.15) is 11.1 Å². The van der Waals surface area contributed by atoms with Crippen LogP contribution in [0.5, 0.6) is 0 Å². The zero-order valence-electron chi connectivity index (χ0n) is 10.8. The number of allylic oxidation sites excluding steroid dienone is 1. The topological polar surface area (TPSA) is 36.7 Å². The molecule has 5 heteroatoms. The Balaban J connectivity index is 1.94. The highest BCUT2D eigenvalue weighted by atomic mass is 35.5. The SMILES string of the molecule is N#C/C(=C\c1ccc(Cl)cc1)c1nc(-c2cccs2)cs1. The molecule has 3 aromatic rings. The monoisotopic (exact) mass is 328 g/mol. The van der Waals surface area contributed by atoms with E-state index in [2.05, 4.69) is 11.1 Å². The summed E-state index contributed by atoms with van der Waals surface area (Å²) in [6.45, 7) is 0. The molecule has 0 amide bonds. The molecular weight excluding hydrogens is 320 g/mol. The molecule has 0 saturated heterocycles. The number of thiazole rings is 1. The molecule has 0 fully saturated rings. The first-order chi connectivity index (χ1) is 10.3. The summed E-state index contributed by atoms with van der Waals surface area (Å²) in [6, 6.07) is 13.6. The number of halogens is 1. The van der Waals surface area contributed by atoms with Gasteiger partial charge in [-0.2, -0.15) is 5.26 Å². The highest BCUT2D eigenvalue weighted by Crippen LogP contribution is 2.29. The molecule has 2 nitrogen and oxygen atoms in total. The van der Waals surface area contributed by atoms with Gasteiger partial charge in [-0.25, -0.2) is 4.98 Å². The van der Waals surface area contributed by atoms with Gasteiger partial charge in [-0.05, 0) is 35.2 Å². The largest absolute Gasteiger partial charge is 0.234 e. The van der Waals surface area contributed by atoms with Crippen LogP contribution in [0.25, 0.3) is 22.2 Å². The van der Waals surface area contributed by atoms with E-state index in [4.69, 9.17) is 11.6 Å². The molecule has 102 valence electrons. The van der Waals surface area contributed by atoms with Gasteiger partial charge < -0.3 is 0 Å². The molecule has 0 aliphatic heterocycles. The summed E-state index contributed by atoms with van der Waals surface area (Å²) in [4.78, 5) is 5.66. The number of aromatic nitrogens is 1. The molecule has 0 aliphatic carbocycles. The molecule has 0 radical (unpaired) electrons. The quantitative estimate of drug-likeness (QED) is 0.588. The minimum absolute atomic E-state index is 0.560. The molecule has 0 saturated carbocycles. The van der Waals surface area contributed by atoms with E-state index in [9.17, 15) is 5.26 Å². The summed E-state index contributed by atoms with van der Waals surface area (Å²) in [5, 5.41) is 14.8. The maximum absolute atomic E-state index is 9.36. The predicted molar refractivity (Wildman–Crippen MR) is 90.4 cm³/mol. The Hall–Kier alpha value is -1.93. The van der Waals surface area contributed by atoms with Crippen LogP contribution in [-0.2, 0) is 0 Å². The third-order valence-electron chi connectivity index (χ3n) is 2.81. The van der Waals surface area contributed by atoms with Crippen molar-refractivity contribution in [2.45, 2.75) is 0 Å². The van der Waals surface area contributed by atoms with Crippen LogP contribution >= 0.6 is 34.3 Å². The van der Waals surface area contributed by atoms with Crippen LogP contribution in [0, 0.1) is 11.3 Å². The first-order valence-corrected chi connectivity index (χ1v) is 8.27. The number of benzene rings is 1. The summed E-state index contributed by atoms with van der Waals surface area (Å²) in [7, 11) is 0. The molecule has 2 aromatic heterocycles. The van der Waals surface area contributed by atoms with Crippen LogP contribution in [0.15, 0.2) is 47.2 Å². The van der Waals surface area contributed by atoms with Crippen LogP contribution in [0.4, 0.5) is 0 Å². The Morgan fingerprint density at radius 1 is 1.19 bits per heavy atom. The summed E-state index contributed by atoms with van der Waals surface area (Å²) < 4.78 is 0. The van der Waals surface area contributed by atoms with Crippen LogP contribution in [0.2, 0.25) is 5.02 Å². The maximum atomic E-state index is 9.36. The van der Waals surface area contributed by atoms with Crippen molar-refractivity contribution in [3.8, 4) is 16.6 Å². The fourth-order valence-electron chi connectivity index (χ4n) is 1.80. The van der Waals surface area contributed by atoms with E-state index in [-0.39, 0.29) is 0 Å². The van der Waals surface area contributed by atoms with Crippen LogP contribution in [0.1, 0.15) is 10.6 Å². The van der Waals surface area contributed by atoms with E-state index in [1.807, 2.05) is 41.1 Å². The van der Waals surface area contributed by atoms with Gasteiger partial charge >= 0.3 is 0 Å². The first kappa shape index (κ1) is 14.0. The van der Waals surface area contributed by atoms with Crippen LogP contribution in [-0.4, -0.2) is 4.98 Å². The summed E-state index contributed by atoms with van der Waals surface area (Å²) in [5.41, 5.74) is 2.41. The number of nitriles is 1. The number of rotatable bonds is 3.